The molecule has 0 fully saturated rings. The van der Waals surface area contributed by atoms with E-state index in [4.69, 9.17) is 16.3 Å². The summed E-state index contributed by atoms with van der Waals surface area (Å²) in [6.07, 6.45) is 3.04. The van der Waals surface area contributed by atoms with Crippen LogP contribution in [0.5, 0.6) is 0 Å². The normalized spacial score (nSPS) is 12.0. The van der Waals surface area contributed by atoms with Crippen molar-refractivity contribution in [1.29, 1.82) is 0 Å². The number of hydrogen-bond donors (Lipinski definition) is 2. The molecule has 37 heavy (non-hydrogen) atoms. The number of ether oxygens (including phenoxy) is 1. The van der Waals surface area contributed by atoms with Gasteiger partial charge in [0.05, 0.1) is 10.7 Å². The van der Waals surface area contributed by atoms with Crippen molar-refractivity contribution in [3.8, 4) is 0 Å². The molecule has 2 N–H and O–H groups in total. The summed E-state index contributed by atoms with van der Waals surface area (Å²) in [7, 11) is 0. The van der Waals surface area contributed by atoms with Gasteiger partial charge in [-0.1, -0.05) is 79.7 Å². The van der Waals surface area contributed by atoms with Crippen LogP contribution in [0.2, 0.25) is 5.02 Å². The average molecular weight is 530 g/mol. The first kappa shape index (κ1) is 30.2. The van der Waals surface area contributed by atoms with Crippen LogP contribution in [0.4, 0.5) is 10.5 Å². The van der Waals surface area contributed by atoms with E-state index in [0.717, 1.165) is 36.8 Å². The van der Waals surface area contributed by atoms with E-state index in [2.05, 4.69) is 17.6 Å². The summed E-state index contributed by atoms with van der Waals surface area (Å²) >= 11 is 6.39. The number of aryl methyl sites for hydroxylation is 2. The monoisotopic (exact) mass is 529 g/mol. The number of amides is 3. The van der Waals surface area contributed by atoms with Crippen molar-refractivity contribution >= 4 is 35.2 Å². The molecule has 0 aromatic heterocycles. The average Bonchev–Trinajstić information content (AvgIpc) is 2.81. The Balaban J connectivity index is 2.39. The molecule has 1 unspecified atom stereocenters. The molecule has 0 bridgehead atoms. The zero-order valence-corrected chi connectivity index (χ0v) is 23.6. The number of benzene rings is 2. The predicted molar refractivity (Wildman–Crippen MR) is 149 cm³/mol. The number of nitrogens with one attached hydrogen (secondary N) is 2. The molecule has 0 spiro atoms. The molecule has 2 aromatic carbocycles. The fourth-order valence-corrected chi connectivity index (χ4v) is 4.14. The van der Waals surface area contributed by atoms with Gasteiger partial charge in [-0.05, 0) is 58.2 Å². The van der Waals surface area contributed by atoms with Crippen molar-refractivity contribution in [3.05, 3.63) is 64.2 Å². The van der Waals surface area contributed by atoms with E-state index in [9.17, 15) is 14.4 Å². The number of nitrogens with zero attached hydrogens (tertiary/aromatic N) is 1. The van der Waals surface area contributed by atoms with Gasteiger partial charge in [0.15, 0.2) is 0 Å². The summed E-state index contributed by atoms with van der Waals surface area (Å²) < 4.78 is 5.28. The summed E-state index contributed by atoms with van der Waals surface area (Å²) in [5, 5.41) is 5.91. The number of halogens is 1. The number of unbranched alkanes of at least 4 members (excludes halogenated alkanes) is 3. The van der Waals surface area contributed by atoms with Crippen molar-refractivity contribution < 1.29 is 19.1 Å². The first-order chi connectivity index (χ1) is 17.4. The second-order valence-corrected chi connectivity index (χ2v) is 10.6. The maximum absolute atomic E-state index is 13.8. The first-order valence-electron chi connectivity index (χ1n) is 12.8. The fraction of sp³-hybridized carbons (Fsp3) is 0.483. The summed E-state index contributed by atoms with van der Waals surface area (Å²) in [4.78, 5) is 41.0. The van der Waals surface area contributed by atoms with Crippen molar-refractivity contribution in [2.75, 3.05) is 18.4 Å². The molecule has 7 nitrogen and oxygen atoms in total. The van der Waals surface area contributed by atoms with Gasteiger partial charge in [-0.15, -0.1) is 0 Å². The van der Waals surface area contributed by atoms with Gasteiger partial charge in [0.1, 0.15) is 18.2 Å². The summed E-state index contributed by atoms with van der Waals surface area (Å²) in [5.74, 6) is -0.750. The zero-order valence-electron chi connectivity index (χ0n) is 22.8. The van der Waals surface area contributed by atoms with Gasteiger partial charge in [0, 0.05) is 6.54 Å². The van der Waals surface area contributed by atoms with Crippen LogP contribution < -0.4 is 10.6 Å². The van der Waals surface area contributed by atoms with Gasteiger partial charge in [0.25, 0.3) is 5.91 Å². The fourth-order valence-electron chi connectivity index (χ4n) is 3.87. The first-order valence-corrected chi connectivity index (χ1v) is 13.2. The summed E-state index contributed by atoms with van der Waals surface area (Å²) in [6.45, 7) is 11.3. The lowest BCUT2D eigenvalue weighted by atomic mass is 10.0. The summed E-state index contributed by atoms with van der Waals surface area (Å²) in [6, 6.07) is 12.0. The number of para-hydroxylation sites is 1. The highest BCUT2D eigenvalue weighted by molar-refractivity contribution is 6.34. The SMILES string of the molecule is CCCCCCN(C(=O)CNC(=O)OC(C)(C)C)C(C(=O)Nc1c(C)cccc1Cl)c1ccc(C)cc1. The lowest BCUT2D eigenvalue weighted by molar-refractivity contribution is -0.138. The minimum Gasteiger partial charge on any atom is -0.444 e. The Hall–Kier alpha value is -3.06. The molecular weight excluding hydrogens is 490 g/mol. The van der Waals surface area contributed by atoms with Crippen LogP contribution in [0, 0.1) is 13.8 Å². The number of anilines is 1. The molecule has 0 aliphatic rings. The standard InChI is InChI=1S/C29H40ClN3O4/c1-7-8-9-10-18-33(24(34)19-31-28(36)37-29(4,5)6)26(22-16-14-20(2)15-17-22)27(35)32-25-21(3)12-11-13-23(25)30/h11-17,26H,7-10,18-19H2,1-6H3,(H,31,36)(H,32,35). The lowest BCUT2D eigenvalue weighted by Crippen LogP contribution is -2.47. The molecule has 0 heterocycles. The maximum atomic E-state index is 13.8. The zero-order chi connectivity index (χ0) is 27.6. The Morgan fingerprint density at radius 3 is 2.27 bits per heavy atom. The van der Waals surface area contributed by atoms with Crippen LogP contribution in [0.1, 0.15) is 76.1 Å². The third-order valence-electron chi connectivity index (χ3n) is 5.78. The Morgan fingerprint density at radius 2 is 1.68 bits per heavy atom. The molecule has 0 radical (unpaired) electrons. The second kappa shape index (κ2) is 14.0. The Morgan fingerprint density at radius 1 is 1.00 bits per heavy atom. The van der Waals surface area contributed by atoms with Gasteiger partial charge in [-0.3, -0.25) is 9.59 Å². The van der Waals surface area contributed by atoms with E-state index in [1.54, 1.807) is 31.7 Å². The van der Waals surface area contributed by atoms with Gasteiger partial charge in [-0.2, -0.15) is 0 Å². The molecule has 0 aliphatic carbocycles. The molecule has 202 valence electrons. The highest BCUT2D eigenvalue weighted by atomic mass is 35.5. The van der Waals surface area contributed by atoms with E-state index in [0.29, 0.717) is 22.8 Å². The van der Waals surface area contributed by atoms with Crippen LogP contribution in [0.25, 0.3) is 0 Å². The van der Waals surface area contributed by atoms with Gasteiger partial charge in [-0.25, -0.2) is 4.79 Å². The van der Waals surface area contributed by atoms with Crippen molar-refractivity contribution in [3.63, 3.8) is 0 Å². The van der Waals surface area contributed by atoms with Crippen molar-refractivity contribution in [2.45, 2.75) is 78.9 Å². The summed E-state index contributed by atoms with van der Waals surface area (Å²) in [5.41, 5.74) is 2.35. The van der Waals surface area contributed by atoms with E-state index < -0.39 is 17.7 Å². The Bertz CT molecular complexity index is 1040. The van der Waals surface area contributed by atoms with Crippen LogP contribution in [-0.2, 0) is 14.3 Å². The largest absolute Gasteiger partial charge is 0.444 e. The third-order valence-corrected chi connectivity index (χ3v) is 6.09. The van der Waals surface area contributed by atoms with Gasteiger partial charge < -0.3 is 20.3 Å². The van der Waals surface area contributed by atoms with E-state index >= 15 is 0 Å². The number of carbonyl (C=O) groups is 3. The minimum atomic E-state index is -0.911. The van der Waals surface area contributed by atoms with Crippen LogP contribution in [0.3, 0.4) is 0 Å². The van der Waals surface area contributed by atoms with Crippen LogP contribution >= 0.6 is 11.6 Å². The van der Waals surface area contributed by atoms with Gasteiger partial charge in [0.2, 0.25) is 5.91 Å². The number of rotatable bonds is 11. The topological polar surface area (TPSA) is 87.7 Å². The molecule has 3 amide bonds. The molecule has 2 aromatic rings. The number of hydrogen-bond acceptors (Lipinski definition) is 4. The Labute approximate surface area is 225 Å². The minimum absolute atomic E-state index is 0.288. The third kappa shape index (κ3) is 9.73. The van der Waals surface area contributed by atoms with E-state index in [1.807, 2.05) is 50.2 Å². The van der Waals surface area contributed by atoms with Crippen molar-refractivity contribution in [1.82, 2.24) is 10.2 Å². The van der Waals surface area contributed by atoms with E-state index in [1.165, 1.54) is 0 Å². The van der Waals surface area contributed by atoms with Gasteiger partial charge >= 0.3 is 6.09 Å². The molecule has 0 saturated heterocycles. The molecule has 2 rings (SSSR count). The molecular formula is C29H40ClN3O4. The van der Waals surface area contributed by atoms with Crippen LogP contribution in [0.15, 0.2) is 42.5 Å². The molecule has 1 atom stereocenters. The highest BCUT2D eigenvalue weighted by Crippen LogP contribution is 2.29. The Kier molecular flexibility index (Phi) is 11.4. The second-order valence-electron chi connectivity index (χ2n) is 10.2. The highest BCUT2D eigenvalue weighted by Gasteiger charge is 2.32. The van der Waals surface area contributed by atoms with Crippen molar-refractivity contribution in [2.24, 2.45) is 0 Å². The maximum Gasteiger partial charge on any atom is 0.408 e. The number of alkyl carbamates (subject to hydrolysis) is 1. The molecule has 0 saturated carbocycles. The quantitative estimate of drug-likeness (QED) is 0.322. The number of carbonyl (C=O) groups excluding carboxylic acids is 3. The van der Waals surface area contributed by atoms with E-state index in [-0.39, 0.29) is 18.4 Å². The lowest BCUT2D eigenvalue weighted by Gasteiger charge is -2.32. The molecule has 0 aliphatic heterocycles. The molecule has 8 heteroatoms. The predicted octanol–water partition coefficient (Wildman–Crippen LogP) is 6.57. The smallest absolute Gasteiger partial charge is 0.408 e. The van der Waals surface area contributed by atoms with Crippen LogP contribution in [-0.4, -0.2) is 41.5 Å².